The summed E-state index contributed by atoms with van der Waals surface area (Å²) in [4.78, 5) is 17.6. The molecule has 2 rings (SSSR count). The van der Waals surface area contributed by atoms with E-state index in [1.54, 1.807) is 10.9 Å². The summed E-state index contributed by atoms with van der Waals surface area (Å²) in [6, 6.07) is 3.98. The molecular formula is C13H19N3OS. The molecule has 0 fully saturated rings. The summed E-state index contributed by atoms with van der Waals surface area (Å²) in [5, 5.41) is 4.69. The summed E-state index contributed by atoms with van der Waals surface area (Å²) in [7, 11) is 1.88. The molecule has 0 bridgehead atoms. The molecule has 4 nitrogen and oxygen atoms in total. The number of hydrogen-bond donors (Lipinski definition) is 1. The number of aldehydes is 1. The van der Waals surface area contributed by atoms with Crippen LogP contribution in [0.4, 0.5) is 5.69 Å². The fourth-order valence-electron chi connectivity index (χ4n) is 0.896. The van der Waals surface area contributed by atoms with E-state index in [4.69, 9.17) is 0 Å². The maximum Gasteiger partial charge on any atom is 0.169 e. The molecule has 0 radical (unpaired) electrons. The Morgan fingerprint density at radius 1 is 1.28 bits per heavy atom. The van der Waals surface area contributed by atoms with Crippen LogP contribution in [0.2, 0.25) is 0 Å². The van der Waals surface area contributed by atoms with Crippen molar-refractivity contribution >= 4 is 23.3 Å². The zero-order valence-corrected chi connectivity index (χ0v) is 12.0. The van der Waals surface area contributed by atoms with Gasteiger partial charge in [-0.25, -0.2) is 4.98 Å². The molecule has 2 heterocycles. The van der Waals surface area contributed by atoms with E-state index in [0.717, 1.165) is 17.7 Å². The molecule has 0 aliphatic carbocycles. The van der Waals surface area contributed by atoms with Crippen molar-refractivity contribution in [3.63, 3.8) is 0 Å². The first kappa shape index (κ1) is 16.2. The van der Waals surface area contributed by atoms with Crippen LogP contribution >= 0.6 is 11.3 Å². The summed E-state index contributed by atoms with van der Waals surface area (Å²) < 4.78 is 0. The lowest BCUT2D eigenvalue weighted by atomic mass is 10.3. The van der Waals surface area contributed by atoms with Gasteiger partial charge in [-0.1, -0.05) is 13.8 Å². The van der Waals surface area contributed by atoms with E-state index < -0.39 is 0 Å². The van der Waals surface area contributed by atoms with Crippen molar-refractivity contribution in [2.45, 2.75) is 20.8 Å². The number of thiazole rings is 1. The van der Waals surface area contributed by atoms with Gasteiger partial charge in [-0.3, -0.25) is 9.78 Å². The van der Waals surface area contributed by atoms with Gasteiger partial charge >= 0.3 is 0 Å². The van der Waals surface area contributed by atoms with Crippen LogP contribution in [0.15, 0.2) is 29.2 Å². The van der Waals surface area contributed by atoms with E-state index in [2.05, 4.69) is 15.3 Å². The van der Waals surface area contributed by atoms with Gasteiger partial charge in [0.1, 0.15) is 5.69 Å². The van der Waals surface area contributed by atoms with Crippen LogP contribution in [0.3, 0.4) is 0 Å². The highest BCUT2D eigenvalue weighted by Gasteiger charge is 1.85. The van der Waals surface area contributed by atoms with Crippen molar-refractivity contribution in [2.75, 3.05) is 12.4 Å². The predicted molar refractivity (Wildman–Crippen MR) is 77.4 cm³/mol. The summed E-state index contributed by atoms with van der Waals surface area (Å²) in [6.07, 6.45) is 2.55. The smallest absolute Gasteiger partial charge is 0.169 e. The highest BCUT2D eigenvalue weighted by Crippen LogP contribution is 2.02. The molecule has 0 aromatic carbocycles. The number of nitrogens with zero attached hydrogens (tertiary/aromatic N) is 2. The molecule has 0 saturated carbocycles. The third-order valence-corrected chi connectivity index (χ3v) is 2.38. The number of anilines is 1. The Morgan fingerprint density at radius 2 is 2.00 bits per heavy atom. The van der Waals surface area contributed by atoms with Gasteiger partial charge in [0.25, 0.3) is 0 Å². The molecule has 0 atom stereocenters. The largest absolute Gasteiger partial charge is 0.387 e. The number of rotatable bonds is 2. The molecule has 5 heteroatoms. The maximum atomic E-state index is 9.81. The summed E-state index contributed by atoms with van der Waals surface area (Å²) in [5.74, 6) is 0. The molecular weight excluding hydrogens is 246 g/mol. The molecule has 98 valence electrons. The molecule has 0 amide bonds. The first-order chi connectivity index (χ1) is 8.76. The minimum Gasteiger partial charge on any atom is -0.387 e. The van der Waals surface area contributed by atoms with Gasteiger partial charge in [-0.2, -0.15) is 0 Å². The summed E-state index contributed by atoms with van der Waals surface area (Å²) in [5.41, 5.74) is 4.25. The fraction of sp³-hybridized carbons (Fsp3) is 0.308. The number of nitrogens with one attached hydrogen (secondary N) is 1. The van der Waals surface area contributed by atoms with Gasteiger partial charge in [0, 0.05) is 18.1 Å². The van der Waals surface area contributed by atoms with Gasteiger partial charge in [-0.15, -0.1) is 11.3 Å². The molecule has 0 saturated heterocycles. The average Bonchev–Trinajstić information content (AvgIpc) is 2.96. The lowest BCUT2D eigenvalue weighted by Gasteiger charge is -1.96. The lowest BCUT2D eigenvalue weighted by Crippen LogP contribution is -1.88. The normalized spacial score (nSPS) is 8.22. The van der Waals surface area contributed by atoms with Crippen LogP contribution < -0.4 is 5.32 Å². The third kappa shape index (κ3) is 6.75. The molecule has 1 N–H and O–H groups in total. The molecule has 0 unspecified atom stereocenters. The first-order valence-electron chi connectivity index (χ1n) is 5.70. The second kappa shape index (κ2) is 10.4. The molecule has 18 heavy (non-hydrogen) atoms. The van der Waals surface area contributed by atoms with Crippen molar-refractivity contribution in [3.05, 3.63) is 40.6 Å². The van der Waals surface area contributed by atoms with Crippen LogP contribution in [-0.4, -0.2) is 23.3 Å². The molecule has 0 aliphatic rings. The highest BCUT2D eigenvalue weighted by atomic mass is 32.1. The Balaban J connectivity index is 0.000000289. The van der Waals surface area contributed by atoms with Crippen molar-refractivity contribution in [1.82, 2.24) is 9.97 Å². The number of hydrogen-bond acceptors (Lipinski definition) is 5. The number of aromatic nitrogens is 2. The number of carbonyl (C=O) groups is 1. The second-order valence-corrected chi connectivity index (χ2v) is 3.69. The zero-order valence-electron chi connectivity index (χ0n) is 11.2. The van der Waals surface area contributed by atoms with Crippen molar-refractivity contribution < 1.29 is 4.79 Å². The van der Waals surface area contributed by atoms with Crippen LogP contribution in [0.25, 0.3) is 0 Å². The quantitative estimate of drug-likeness (QED) is 0.845. The third-order valence-electron chi connectivity index (χ3n) is 1.77. The number of carbonyl (C=O) groups excluding carboxylic acids is 1. The minimum atomic E-state index is 0.519. The maximum absolute atomic E-state index is 9.81. The van der Waals surface area contributed by atoms with E-state index in [0.29, 0.717) is 5.69 Å². The van der Waals surface area contributed by atoms with Gasteiger partial charge < -0.3 is 5.32 Å². The zero-order chi connectivity index (χ0) is 13.8. The SMILES string of the molecule is CC.CNc1ccc(C)nc1.O=Cc1cscn1. The Morgan fingerprint density at radius 3 is 2.33 bits per heavy atom. The van der Waals surface area contributed by atoms with Crippen molar-refractivity contribution in [1.29, 1.82) is 0 Å². The highest BCUT2D eigenvalue weighted by molar-refractivity contribution is 7.07. The Kier molecular flexibility index (Phi) is 9.40. The fourth-order valence-corrected chi connectivity index (χ4v) is 1.40. The van der Waals surface area contributed by atoms with Crippen molar-refractivity contribution in [2.24, 2.45) is 0 Å². The first-order valence-corrected chi connectivity index (χ1v) is 6.64. The Hall–Kier alpha value is -1.75. The van der Waals surface area contributed by atoms with E-state index in [9.17, 15) is 4.79 Å². The molecule has 2 aromatic heterocycles. The minimum absolute atomic E-state index is 0.519. The van der Waals surface area contributed by atoms with E-state index >= 15 is 0 Å². The van der Waals surface area contributed by atoms with Crippen LogP contribution in [0.1, 0.15) is 30.0 Å². The topological polar surface area (TPSA) is 54.9 Å². The summed E-state index contributed by atoms with van der Waals surface area (Å²) in [6.45, 7) is 5.97. The van der Waals surface area contributed by atoms with Gasteiger partial charge in [-0.05, 0) is 19.1 Å². The van der Waals surface area contributed by atoms with Gasteiger partial charge in [0.05, 0.1) is 17.4 Å². The van der Waals surface area contributed by atoms with Crippen LogP contribution in [-0.2, 0) is 0 Å². The Labute approximate surface area is 112 Å². The molecule has 2 aromatic rings. The van der Waals surface area contributed by atoms with Gasteiger partial charge in [0.15, 0.2) is 6.29 Å². The lowest BCUT2D eigenvalue weighted by molar-refractivity contribution is 0.111. The molecule has 0 aliphatic heterocycles. The van der Waals surface area contributed by atoms with E-state index in [-0.39, 0.29) is 0 Å². The van der Waals surface area contributed by atoms with Crippen molar-refractivity contribution in [3.8, 4) is 0 Å². The predicted octanol–water partition coefficient (Wildman–Crippen LogP) is 3.41. The number of aryl methyl sites for hydroxylation is 1. The molecule has 0 spiro atoms. The second-order valence-electron chi connectivity index (χ2n) is 2.97. The van der Waals surface area contributed by atoms with Crippen LogP contribution in [0, 0.1) is 6.92 Å². The number of pyridine rings is 1. The standard InChI is InChI=1S/C7H10N2.C4H3NOS.C2H6/c1-6-3-4-7(8-2)5-9-6;6-1-4-2-7-3-5-4;1-2/h3-5,8H,1-2H3;1-3H;1-2H3. The monoisotopic (exact) mass is 265 g/mol. The van der Waals surface area contributed by atoms with Gasteiger partial charge in [0.2, 0.25) is 0 Å². The van der Waals surface area contributed by atoms with E-state index in [1.165, 1.54) is 11.3 Å². The van der Waals surface area contributed by atoms with E-state index in [1.807, 2.05) is 46.1 Å². The average molecular weight is 265 g/mol. The summed E-state index contributed by atoms with van der Waals surface area (Å²) >= 11 is 1.42. The Bertz CT molecular complexity index is 412. The van der Waals surface area contributed by atoms with Crippen LogP contribution in [0.5, 0.6) is 0 Å².